The van der Waals surface area contributed by atoms with E-state index in [1.54, 1.807) is 0 Å². The average molecular weight is 923 g/mol. The van der Waals surface area contributed by atoms with Gasteiger partial charge in [-0.2, -0.15) is 0 Å². The van der Waals surface area contributed by atoms with Gasteiger partial charge in [0.2, 0.25) is 0 Å². The molecule has 0 N–H and O–H groups in total. The minimum Gasteiger partial charge on any atom is -0.456 e. The molecule has 2 aliphatic heterocycles. The maximum atomic E-state index is 6.44. The zero-order valence-corrected chi connectivity index (χ0v) is 45.5. The second-order valence-electron chi connectivity index (χ2n) is 26.9. The van der Waals surface area contributed by atoms with Crippen molar-refractivity contribution in [1.29, 1.82) is 0 Å². The van der Waals surface area contributed by atoms with Crippen LogP contribution in [0, 0.1) is 0 Å². The van der Waals surface area contributed by atoms with Crippen molar-refractivity contribution in [2.75, 3.05) is 9.80 Å². The fraction of sp³-hybridized carbons (Fsp3) is 0.364. The highest BCUT2D eigenvalue weighted by molar-refractivity contribution is 7.00. The van der Waals surface area contributed by atoms with Gasteiger partial charge < -0.3 is 14.2 Å². The number of benzene rings is 7. The lowest BCUT2D eigenvalue weighted by molar-refractivity contribution is 0.568. The minimum atomic E-state index is -0.0716. The first-order chi connectivity index (χ1) is 32.5. The molecule has 0 saturated carbocycles. The number of hydrogen-bond donors (Lipinski definition) is 0. The Morgan fingerprint density at radius 1 is 0.329 bits per heavy atom. The summed E-state index contributed by atoms with van der Waals surface area (Å²) in [6.07, 6.45) is 0. The van der Waals surface area contributed by atoms with Gasteiger partial charge in [0.05, 0.1) is 0 Å². The van der Waals surface area contributed by atoms with Crippen LogP contribution >= 0.6 is 0 Å². The van der Waals surface area contributed by atoms with Crippen molar-refractivity contribution in [2.24, 2.45) is 0 Å². The van der Waals surface area contributed by atoms with Crippen molar-refractivity contribution >= 4 is 79.2 Å². The molecule has 2 aliphatic rings. The zero-order chi connectivity index (χ0) is 50.4. The van der Waals surface area contributed by atoms with E-state index in [0.29, 0.717) is 0 Å². The number of fused-ring (bicyclic) bond motifs is 7. The van der Waals surface area contributed by atoms with Gasteiger partial charge in [0.25, 0.3) is 6.71 Å². The molecule has 0 radical (unpaired) electrons. The van der Waals surface area contributed by atoms with E-state index >= 15 is 0 Å². The van der Waals surface area contributed by atoms with E-state index in [2.05, 4.69) is 262 Å². The molecule has 0 spiro atoms. The average Bonchev–Trinajstić information content (AvgIpc) is 3.64. The van der Waals surface area contributed by atoms with E-state index in [4.69, 9.17) is 4.42 Å². The monoisotopic (exact) mass is 923 g/mol. The third-order valence-corrected chi connectivity index (χ3v) is 15.3. The van der Waals surface area contributed by atoms with Crippen LogP contribution in [-0.2, 0) is 32.5 Å². The molecule has 0 aliphatic carbocycles. The van der Waals surface area contributed by atoms with Crippen LogP contribution in [0.25, 0.3) is 33.1 Å². The quantitative estimate of drug-likeness (QED) is 0.165. The molecule has 0 bridgehead atoms. The summed E-state index contributed by atoms with van der Waals surface area (Å²) in [5, 5.41) is 2.27. The number of para-hydroxylation sites is 1. The molecule has 8 aromatic rings. The Bertz CT molecular complexity index is 3160. The smallest absolute Gasteiger partial charge is 0.252 e. The first-order valence-corrected chi connectivity index (χ1v) is 25.8. The van der Waals surface area contributed by atoms with E-state index in [1.807, 2.05) is 0 Å². The molecule has 10 rings (SSSR count). The summed E-state index contributed by atoms with van der Waals surface area (Å²) in [6.45, 7) is 42.3. The lowest BCUT2D eigenvalue weighted by Gasteiger charge is -2.46. The van der Waals surface area contributed by atoms with Crippen molar-refractivity contribution in [2.45, 2.75) is 157 Å². The van der Waals surface area contributed by atoms with Crippen molar-refractivity contribution in [3.05, 3.63) is 161 Å². The molecule has 1 aromatic heterocycles. The Labute approximate surface area is 420 Å². The molecule has 3 nitrogen and oxygen atoms in total. The van der Waals surface area contributed by atoms with E-state index in [1.165, 1.54) is 89.5 Å². The molecule has 4 heteroatoms. The summed E-state index contributed by atoms with van der Waals surface area (Å²) in [6, 6.07) is 49.9. The first-order valence-electron chi connectivity index (χ1n) is 25.8. The normalized spacial score (nSPS) is 14.3. The molecule has 3 heterocycles. The highest BCUT2D eigenvalue weighted by Gasteiger charge is 2.45. The highest BCUT2D eigenvalue weighted by atomic mass is 16.3. The van der Waals surface area contributed by atoms with Gasteiger partial charge in [-0.1, -0.05) is 185 Å². The summed E-state index contributed by atoms with van der Waals surface area (Å²) in [7, 11) is 0. The van der Waals surface area contributed by atoms with E-state index in [0.717, 1.165) is 27.5 Å². The largest absolute Gasteiger partial charge is 0.456 e. The molecule has 0 atom stereocenters. The fourth-order valence-corrected chi connectivity index (χ4v) is 10.8. The SMILES string of the molecule is CC(C)(C)c1cc(N2c3cc(C(C)(C)C)ccc3B3c4ccc(C(C)(C)C)cc4N(c4cc(C(C)(C)C)cc(C(C)(C)C)c4)c4cc(-c5ccc6oc7ccccc7c6c5)cc2c43)cc(C(C)(C)C)c1. The van der Waals surface area contributed by atoms with Crippen LogP contribution in [0.4, 0.5) is 34.1 Å². The van der Waals surface area contributed by atoms with Crippen LogP contribution in [0.1, 0.15) is 158 Å². The van der Waals surface area contributed by atoms with Gasteiger partial charge in [0.15, 0.2) is 0 Å². The van der Waals surface area contributed by atoms with Crippen LogP contribution in [-0.4, -0.2) is 6.71 Å². The molecule has 0 saturated heterocycles. The van der Waals surface area contributed by atoms with Crippen molar-refractivity contribution in [3.8, 4) is 11.1 Å². The van der Waals surface area contributed by atoms with Crippen LogP contribution < -0.4 is 26.2 Å². The number of rotatable bonds is 3. The predicted octanol–water partition coefficient (Wildman–Crippen LogP) is 17.1. The zero-order valence-electron chi connectivity index (χ0n) is 45.5. The van der Waals surface area contributed by atoms with Gasteiger partial charge in [-0.05, 0) is 160 Å². The Kier molecular flexibility index (Phi) is 10.7. The Morgan fingerprint density at radius 3 is 1.14 bits per heavy atom. The maximum absolute atomic E-state index is 6.44. The van der Waals surface area contributed by atoms with Gasteiger partial charge in [0.1, 0.15) is 11.2 Å². The second kappa shape index (κ2) is 15.8. The van der Waals surface area contributed by atoms with Gasteiger partial charge >= 0.3 is 0 Å². The number of nitrogens with zero attached hydrogens (tertiary/aromatic N) is 2. The molecule has 0 amide bonds. The number of anilines is 6. The van der Waals surface area contributed by atoms with Gasteiger partial charge in [-0.15, -0.1) is 0 Å². The van der Waals surface area contributed by atoms with Crippen LogP contribution in [0.5, 0.6) is 0 Å². The Hall–Kier alpha value is -6.00. The second-order valence-corrected chi connectivity index (χ2v) is 26.9. The Balaban J connectivity index is 1.39. The van der Waals surface area contributed by atoms with Crippen LogP contribution in [0.15, 0.2) is 132 Å². The number of furan rings is 1. The van der Waals surface area contributed by atoms with Gasteiger partial charge in [-0.3, -0.25) is 0 Å². The molecule has 7 aromatic carbocycles. The van der Waals surface area contributed by atoms with Gasteiger partial charge in [-0.25, -0.2) is 0 Å². The first kappa shape index (κ1) is 47.7. The number of hydrogen-bond acceptors (Lipinski definition) is 3. The third-order valence-electron chi connectivity index (χ3n) is 15.3. The summed E-state index contributed by atoms with van der Waals surface area (Å²) in [5.74, 6) is 0. The van der Waals surface area contributed by atoms with Crippen molar-refractivity contribution in [1.82, 2.24) is 0 Å². The molecular formula is C66H75BN2O. The maximum Gasteiger partial charge on any atom is 0.252 e. The van der Waals surface area contributed by atoms with E-state index in [-0.39, 0.29) is 39.2 Å². The summed E-state index contributed by atoms with van der Waals surface area (Å²) in [4.78, 5) is 5.30. The molecule has 358 valence electrons. The van der Waals surface area contributed by atoms with E-state index in [9.17, 15) is 0 Å². The Morgan fingerprint density at radius 2 is 0.729 bits per heavy atom. The van der Waals surface area contributed by atoms with Gasteiger partial charge in [0, 0.05) is 44.9 Å². The van der Waals surface area contributed by atoms with Crippen molar-refractivity contribution in [3.63, 3.8) is 0 Å². The topological polar surface area (TPSA) is 19.6 Å². The van der Waals surface area contributed by atoms with Crippen LogP contribution in [0.3, 0.4) is 0 Å². The lowest BCUT2D eigenvalue weighted by atomic mass is 9.33. The summed E-state index contributed by atoms with van der Waals surface area (Å²) >= 11 is 0. The predicted molar refractivity (Wildman–Crippen MR) is 305 cm³/mol. The molecule has 0 fully saturated rings. The van der Waals surface area contributed by atoms with E-state index < -0.39 is 0 Å². The lowest BCUT2D eigenvalue weighted by Crippen LogP contribution is -2.61. The highest BCUT2D eigenvalue weighted by Crippen LogP contribution is 2.50. The summed E-state index contributed by atoms with van der Waals surface area (Å²) in [5.41, 5.74) is 23.1. The minimum absolute atomic E-state index is 0.0133. The third kappa shape index (κ3) is 8.18. The molecule has 0 unspecified atom stereocenters. The fourth-order valence-electron chi connectivity index (χ4n) is 10.8. The summed E-state index contributed by atoms with van der Waals surface area (Å²) < 4.78 is 6.44. The standard InChI is InChI=1S/C66H75BN2O/c1-61(2,3)42-24-26-52-54(38-42)68(48-34-44(63(7,8)9)32-45(35-48)64(10,11)12)56-30-41(40-23-28-59-51(29-40)50-21-19-20-22-58(50)70-59)31-57-60(56)67(52)53-27-25-43(62(4,5)6)39-55(53)69(57)49-36-46(65(13,14)15)33-47(37-49)66(16,17)18/h19-39H,1-18H3. The molecular weight excluding hydrogens is 848 g/mol. The van der Waals surface area contributed by atoms with Crippen LogP contribution in [0.2, 0.25) is 0 Å². The van der Waals surface area contributed by atoms with Crippen molar-refractivity contribution < 1.29 is 4.42 Å². The molecule has 70 heavy (non-hydrogen) atoms.